The van der Waals surface area contributed by atoms with Crippen LogP contribution in [0.5, 0.6) is 0 Å². The van der Waals surface area contributed by atoms with Crippen molar-refractivity contribution in [2.24, 2.45) is 0 Å². The van der Waals surface area contributed by atoms with Crippen molar-refractivity contribution >= 4 is 12.4 Å². The molecular formula is C15H25ClN2. The summed E-state index contributed by atoms with van der Waals surface area (Å²) in [7, 11) is 2.27. The topological polar surface area (TPSA) is 15.3 Å². The largest absolute Gasteiger partial charge is 0.317 e. The predicted octanol–water partition coefficient (Wildman–Crippen LogP) is 2.99. The molecule has 18 heavy (non-hydrogen) atoms. The Balaban J connectivity index is 0.00000162. The van der Waals surface area contributed by atoms with E-state index in [2.05, 4.69) is 48.5 Å². The van der Waals surface area contributed by atoms with Crippen molar-refractivity contribution in [3.05, 3.63) is 35.4 Å². The number of hydrogen-bond donors (Lipinski definition) is 1. The summed E-state index contributed by atoms with van der Waals surface area (Å²) in [4.78, 5) is 2.52. The second-order valence-corrected chi connectivity index (χ2v) is 5.18. The highest BCUT2D eigenvalue weighted by atomic mass is 35.5. The molecular weight excluding hydrogens is 244 g/mol. The minimum Gasteiger partial charge on any atom is -0.317 e. The molecule has 0 aliphatic carbocycles. The molecule has 1 aromatic carbocycles. The van der Waals surface area contributed by atoms with Gasteiger partial charge >= 0.3 is 0 Å². The van der Waals surface area contributed by atoms with E-state index < -0.39 is 0 Å². The summed E-state index contributed by atoms with van der Waals surface area (Å²) in [5.41, 5.74) is 2.87. The van der Waals surface area contributed by atoms with Crippen molar-refractivity contribution in [3.63, 3.8) is 0 Å². The molecule has 1 aliphatic rings. The Hall–Kier alpha value is -0.570. The van der Waals surface area contributed by atoms with Crippen molar-refractivity contribution in [1.29, 1.82) is 0 Å². The van der Waals surface area contributed by atoms with E-state index in [-0.39, 0.29) is 12.4 Å². The Kier molecular flexibility index (Phi) is 6.69. The van der Waals surface area contributed by atoms with Crippen LogP contribution >= 0.6 is 12.4 Å². The molecule has 1 aliphatic heterocycles. The van der Waals surface area contributed by atoms with E-state index in [4.69, 9.17) is 0 Å². The zero-order chi connectivity index (χ0) is 12.1. The first-order valence-electron chi connectivity index (χ1n) is 6.73. The number of hydrogen-bond acceptors (Lipinski definition) is 2. The van der Waals surface area contributed by atoms with E-state index >= 15 is 0 Å². The maximum atomic E-state index is 3.48. The smallest absolute Gasteiger partial charge is 0.0236 e. The molecule has 2 nitrogen and oxygen atoms in total. The standard InChI is InChI=1S/C15H24N2.ClH/c1-13-6-3-4-7-14(13)12-17(2)15-8-5-10-16-11-9-15;/h3-4,6-7,15-16H,5,8-12H2,1-2H3;1H. The lowest BCUT2D eigenvalue weighted by Gasteiger charge is -2.27. The van der Waals surface area contributed by atoms with Crippen molar-refractivity contribution in [3.8, 4) is 0 Å². The Morgan fingerprint density at radius 3 is 2.78 bits per heavy atom. The van der Waals surface area contributed by atoms with Crippen molar-refractivity contribution in [2.45, 2.75) is 38.8 Å². The second-order valence-electron chi connectivity index (χ2n) is 5.18. The fourth-order valence-corrected chi connectivity index (χ4v) is 2.63. The molecule has 1 saturated heterocycles. The van der Waals surface area contributed by atoms with Gasteiger partial charge in [-0.05, 0) is 57.5 Å². The van der Waals surface area contributed by atoms with Crippen molar-refractivity contribution in [2.75, 3.05) is 20.1 Å². The molecule has 3 heteroatoms. The molecule has 1 atom stereocenters. The van der Waals surface area contributed by atoms with Crippen molar-refractivity contribution < 1.29 is 0 Å². The van der Waals surface area contributed by atoms with Gasteiger partial charge in [0.1, 0.15) is 0 Å². The van der Waals surface area contributed by atoms with Crippen LogP contribution in [0, 0.1) is 6.92 Å². The number of aryl methyl sites for hydroxylation is 1. The van der Waals surface area contributed by atoms with E-state index in [1.165, 1.54) is 43.5 Å². The quantitative estimate of drug-likeness (QED) is 0.907. The first kappa shape index (κ1) is 15.5. The minimum atomic E-state index is 0. The molecule has 1 fully saturated rings. The average molecular weight is 269 g/mol. The lowest BCUT2D eigenvalue weighted by Crippen LogP contribution is -2.32. The molecule has 0 radical (unpaired) electrons. The number of rotatable bonds is 3. The minimum absolute atomic E-state index is 0. The monoisotopic (exact) mass is 268 g/mol. The first-order valence-corrected chi connectivity index (χ1v) is 6.73. The van der Waals surface area contributed by atoms with Crippen LogP contribution < -0.4 is 5.32 Å². The van der Waals surface area contributed by atoms with Gasteiger partial charge in [0, 0.05) is 12.6 Å². The molecule has 0 aromatic heterocycles. The summed E-state index contributed by atoms with van der Waals surface area (Å²) in [5, 5.41) is 3.48. The van der Waals surface area contributed by atoms with E-state index in [1.807, 2.05) is 0 Å². The number of nitrogens with zero attached hydrogens (tertiary/aromatic N) is 1. The molecule has 1 N–H and O–H groups in total. The summed E-state index contributed by atoms with van der Waals surface area (Å²) in [6.45, 7) is 5.65. The van der Waals surface area contributed by atoms with Gasteiger partial charge in [0.2, 0.25) is 0 Å². The highest BCUT2D eigenvalue weighted by molar-refractivity contribution is 5.85. The zero-order valence-corrected chi connectivity index (χ0v) is 12.3. The van der Waals surface area contributed by atoms with Crippen LogP contribution in [0.2, 0.25) is 0 Å². The Labute approximate surface area is 117 Å². The second kappa shape index (κ2) is 7.78. The van der Waals surface area contributed by atoms with Crippen LogP contribution in [0.4, 0.5) is 0 Å². The Morgan fingerprint density at radius 2 is 2.00 bits per heavy atom. The normalized spacial score (nSPS) is 20.3. The molecule has 1 aromatic rings. The van der Waals surface area contributed by atoms with Gasteiger partial charge in [0.15, 0.2) is 0 Å². The summed E-state index contributed by atoms with van der Waals surface area (Å²) in [5.74, 6) is 0. The van der Waals surface area contributed by atoms with Crippen LogP contribution in [0.3, 0.4) is 0 Å². The molecule has 0 saturated carbocycles. The third kappa shape index (κ3) is 4.27. The van der Waals surface area contributed by atoms with E-state index in [0.29, 0.717) is 0 Å². The van der Waals surface area contributed by atoms with E-state index in [9.17, 15) is 0 Å². The van der Waals surface area contributed by atoms with Gasteiger partial charge in [0.05, 0.1) is 0 Å². The Bertz CT molecular complexity index is 346. The van der Waals surface area contributed by atoms with Gasteiger partial charge in [-0.15, -0.1) is 12.4 Å². The SMILES string of the molecule is Cc1ccccc1CN(C)C1CCCNCC1.Cl. The number of halogens is 1. The van der Waals surface area contributed by atoms with Crippen LogP contribution in [0.15, 0.2) is 24.3 Å². The van der Waals surface area contributed by atoms with E-state index in [0.717, 1.165) is 12.6 Å². The Morgan fingerprint density at radius 1 is 1.22 bits per heavy atom. The van der Waals surface area contributed by atoms with E-state index in [1.54, 1.807) is 0 Å². The maximum Gasteiger partial charge on any atom is 0.0236 e. The highest BCUT2D eigenvalue weighted by Gasteiger charge is 2.16. The van der Waals surface area contributed by atoms with Crippen LogP contribution in [-0.4, -0.2) is 31.1 Å². The fourth-order valence-electron chi connectivity index (χ4n) is 2.63. The highest BCUT2D eigenvalue weighted by Crippen LogP contribution is 2.16. The number of nitrogens with one attached hydrogen (secondary N) is 1. The molecule has 102 valence electrons. The van der Waals surface area contributed by atoms with Gasteiger partial charge in [0.25, 0.3) is 0 Å². The fraction of sp³-hybridized carbons (Fsp3) is 0.600. The maximum absolute atomic E-state index is 3.48. The van der Waals surface area contributed by atoms with Gasteiger partial charge < -0.3 is 5.32 Å². The third-order valence-corrected chi connectivity index (χ3v) is 3.85. The van der Waals surface area contributed by atoms with Gasteiger partial charge in [-0.1, -0.05) is 24.3 Å². The van der Waals surface area contributed by atoms with Crippen LogP contribution in [-0.2, 0) is 6.54 Å². The molecule has 0 amide bonds. The molecule has 2 rings (SSSR count). The summed E-state index contributed by atoms with van der Waals surface area (Å²) >= 11 is 0. The number of benzene rings is 1. The molecule has 1 unspecified atom stereocenters. The summed E-state index contributed by atoms with van der Waals surface area (Å²) in [6.07, 6.45) is 3.92. The summed E-state index contributed by atoms with van der Waals surface area (Å²) < 4.78 is 0. The van der Waals surface area contributed by atoms with Crippen molar-refractivity contribution in [1.82, 2.24) is 10.2 Å². The van der Waals surface area contributed by atoms with Gasteiger partial charge in [-0.25, -0.2) is 0 Å². The first-order chi connectivity index (χ1) is 8.27. The van der Waals surface area contributed by atoms with Crippen LogP contribution in [0.25, 0.3) is 0 Å². The summed E-state index contributed by atoms with van der Waals surface area (Å²) in [6, 6.07) is 9.46. The average Bonchev–Trinajstić information content (AvgIpc) is 2.61. The van der Waals surface area contributed by atoms with Crippen LogP contribution in [0.1, 0.15) is 30.4 Å². The lowest BCUT2D eigenvalue weighted by atomic mass is 10.0. The zero-order valence-electron chi connectivity index (χ0n) is 11.5. The molecule has 0 bridgehead atoms. The van der Waals surface area contributed by atoms with Gasteiger partial charge in [-0.2, -0.15) is 0 Å². The molecule has 0 spiro atoms. The van der Waals surface area contributed by atoms with Gasteiger partial charge in [-0.3, -0.25) is 4.90 Å². The predicted molar refractivity (Wildman–Crippen MR) is 80.4 cm³/mol. The lowest BCUT2D eigenvalue weighted by molar-refractivity contribution is 0.216. The molecule has 1 heterocycles. The third-order valence-electron chi connectivity index (χ3n) is 3.85.